The molecule has 26 heavy (non-hydrogen) atoms. The van der Waals surface area contributed by atoms with Gasteiger partial charge in [0.15, 0.2) is 0 Å². The van der Waals surface area contributed by atoms with Crippen LogP contribution in [0.2, 0.25) is 0 Å². The summed E-state index contributed by atoms with van der Waals surface area (Å²) in [4.78, 5) is 0. The molecule has 0 nitrogen and oxygen atoms in total. The van der Waals surface area contributed by atoms with Crippen LogP contribution in [0.5, 0.6) is 0 Å². The molecule has 1 aliphatic rings. The first kappa shape index (κ1) is 23.3. The van der Waals surface area contributed by atoms with Gasteiger partial charge >= 0.3 is 0 Å². The molecule has 0 aromatic rings. The average molecular weight is 359 g/mol. The molecule has 150 valence electrons. The van der Waals surface area contributed by atoms with Crippen molar-refractivity contribution in [3.63, 3.8) is 0 Å². The molecule has 0 fully saturated rings. The second-order valence-corrected chi connectivity index (χ2v) is 8.51. The van der Waals surface area contributed by atoms with Crippen LogP contribution < -0.4 is 0 Å². The van der Waals surface area contributed by atoms with Crippen molar-refractivity contribution in [2.24, 2.45) is 5.92 Å². The lowest BCUT2D eigenvalue weighted by Crippen LogP contribution is -1.97. The van der Waals surface area contributed by atoms with Crippen LogP contribution in [0.1, 0.15) is 125 Å². The maximum absolute atomic E-state index is 2.43. The predicted molar refractivity (Wildman–Crippen MR) is 120 cm³/mol. The molecule has 0 heteroatoms. The van der Waals surface area contributed by atoms with E-state index in [4.69, 9.17) is 0 Å². The molecule has 0 amide bonds. The van der Waals surface area contributed by atoms with Crippen LogP contribution in [-0.4, -0.2) is 0 Å². The zero-order valence-electron chi connectivity index (χ0n) is 18.6. The van der Waals surface area contributed by atoms with Crippen LogP contribution >= 0.6 is 0 Å². The van der Waals surface area contributed by atoms with E-state index in [1.807, 2.05) is 0 Å². The normalized spacial score (nSPS) is 18.0. The molecule has 0 saturated carbocycles. The van der Waals surface area contributed by atoms with Gasteiger partial charge in [-0.25, -0.2) is 0 Å². The Morgan fingerprint density at radius 1 is 0.654 bits per heavy atom. The van der Waals surface area contributed by atoms with Crippen molar-refractivity contribution in [2.45, 2.75) is 125 Å². The number of hydrogen-bond donors (Lipinski definition) is 0. The largest absolute Gasteiger partial charge is 0.0885 e. The minimum Gasteiger partial charge on any atom is -0.0885 e. The van der Waals surface area contributed by atoms with Crippen molar-refractivity contribution in [2.75, 3.05) is 0 Å². The molecule has 0 N–H and O–H groups in total. The van der Waals surface area contributed by atoms with Crippen LogP contribution in [0.25, 0.3) is 0 Å². The quantitative estimate of drug-likeness (QED) is 0.202. The monoisotopic (exact) mass is 358 g/mol. The second kappa shape index (κ2) is 14.3. The van der Waals surface area contributed by atoms with Crippen LogP contribution in [0.15, 0.2) is 34.4 Å². The van der Waals surface area contributed by atoms with Crippen molar-refractivity contribution in [1.82, 2.24) is 0 Å². The van der Waals surface area contributed by atoms with Crippen LogP contribution in [0.3, 0.4) is 0 Å². The summed E-state index contributed by atoms with van der Waals surface area (Å²) in [6.07, 6.45) is 24.2. The van der Waals surface area contributed by atoms with E-state index in [-0.39, 0.29) is 0 Å². The van der Waals surface area contributed by atoms with Gasteiger partial charge in [-0.15, -0.1) is 0 Å². The third kappa shape index (κ3) is 8.74. The fraction of sp³-hybridized carbons (Fsp3) is 0.769. The molecule has 1 rings (SSSR count). The summed E-state index contributed by atoms with van der Waals surface area (Å²) in [6.45, 7) is 11.6. The molecule has 0 heterocycles. The van der Waals surface area contributed by atoms with Crippen LogP contribution in [0.4, 0.5) is 0 Å². The summed E-state index contributed by atoms with van der Waals surface area (Å²) in [6, 6.07) is 0. The van der Waals surface area contributed by atoms with E-state index in [2.05, 4.69) is 46.8 Å². The topological polar surface area (TPSA) is 0 Å². The summed E-state index contributed by atoms with van der Waals surface area (Å²) in [5.74, 6) is 0.701. The van der Waals surface area contributed by atoms with E-state index in [1.165, 1.54) is 89.9 Å². The predicted octanol–water partition coefficient (Wildman–Crippen LogP) is 9.33. The summed E-state index contributed by atoms with van der Waals surface area (Å²) in [5.41, 5.74) is 6.47. The van der Waals surface area contributed by atoms with Crippen molar-refractivity contribution >= 4 is 0 Å². The fourth-order valence-electron chi connectivity index (χ4n) is 4.24. The summed E-state index contributed by atoms with van der Waals surface area (Å²) in [5, 5.41) is 0. The Morgan fingerprint density at radius 2 is 1.15 bits per heavy atom. The van der Waals surface area contributed by atoms with Crippen LogP contribution in [0, 0.1) is 5.92 Å². The van der Waals surface area contributed by atoms with Crippen molar-refractivity contribution in [3.05, 3.63) is 34.4 Å². The highest BCUT2D eigenvalue weighted by Gasteiger charge is 2.22. The molecule has 0 aromatic carbocycles. The first-order valence-electron chi connectivity index (χ1n) is 11.6. The maximum Gasteiger partial charge on any atom is -0.00126 e. The first-order chi connectivity index (χ1) is 12.6. The second-order valence-electron chi connectivity index (χ2n) is 8.51. The van der Waals surface area contributed by atoms with Gasteiger partial charge in [0.2, 0.25) is 0 Å². The van der Waals surface area contributed by atoms with Gasteiger partial charge < -0.3 is 0 Å². The van der Waals surface area contributed by atoms with E-state index < -0.39 is 0 Å². The van der Waals surface area contributed by atoms with Gasteiger partial charge in [-0.2, -0.15) is 0 Å². The molecule has 0 saturated heterocycles. The van der Waals surface area contributed by atoms with E-state index in [1.54, 1.807) is 22.3 Å². The number of unbranched alkanes of at least 4 members (excludes halogenated alkanes) is 11. The Morgan fingerprint density at radius 3 is 1.65 bits per heavy atom. The molecule has 0 aliphatic heterocycles. The van der Waals surface area contributed by atoms with E-state index in [0.29, 0.717) is 5.92 Å². The average Bonchev–Trinajstić information content (AvgIpc) is 2.82. The zero-order chi connectivity index (χ0) is 19.2. The Bertz CT molecular complexity index is 460. The van der Waals surface area contributed by atoms with E-state index >= 15 is 0 Å². The molecular formula is C26H46. The Hall–Kier alpha value is -0.780. The lowest BCUT2D eigenvalue weighted by atomic mass is 9.93. The lowest BCUT2D eigenvalue weighted by molar-refractivity contribution is 0.600. The first-order valence-corrected chi connectivity index (χ1v) is 11.6. The number of allylic oxidation sites excluding steroid dienone is 6. The minimum atomic E-state index is 0.701. The SMILES string of the molecule is CCCCCCCCC=CCCCCCCCC1=C(C)C(C)=C(C)C1C. The molecule has 0 radical (unpaired) electrons. The van der Waals surface area contributed by atoms with Crippen molar-refractivity contribution < 1.29 is 0 Å². The maximum atomic E-state index is 2.43. The highest BCUT2D eigenvalue weighted by molar-refractivity contribution is 5.46. The Balaban J connectivity index is 1.92. The highest BCUT2D eigenvalue weighted by atomic mass is 14.3. The standard InChI is InChI=1S/C26H46/c1-6-7-8-9-10-11-12-13-14-15-16-17-18-19-20-21-26-24(4)22(2)23(3)25(26)5/h13-14,24H,6-12,15-21H2,1-5H3. The van der Waals surface area contributed by atoms with Gasteiger partial charge in [0.05, 0.1) is 0 Å². The minimum absolute atomic E-state index is 0.701. The van der Waals surface area contributed by atoms with Crippen molar-refractivity contribution in [1.29, 1.82) is 0 Å². The van der Waals surface area contributed by atoms with Gasteiger partial charge in [0.25, 0.3) is 0 Å². The van der Waals surface area contributed by atoms with E-state index in [0.717, 1.165) is 0 Å². The molecule has 1 aliphatic carbocycles. The van der Waals surface area contributed by atoms with E-state index in [9.17, 15) is 0 Å². The smallest absolute Gasteiger partial charge is 0.00126 e. The van der Waals surface area contributed by atoms with Gasteiger partial charge in [-0.05, 0) is 76.4 Å². The molecule has 1 atom stereocenters. The third-order valence-electron chi connectivity index (χ3n) is 6.52. The molecular weight excluding hydrogens is 312 g/mol. The van der Waals surface area contributed by atoms with Gasteiger partial charge in [0.1, 0.15) is 0 Å². The Labute approximate surface area is 165 Å². The number of hydrogen-bond acceptors (Lipinski definition) is 0. The fourth-order valence-corrected chi connectivity index (χ4v) is 4.24. The molecule has 1 unspecified atom stereocenters. The summed E-state index contributed by atoms with van der Waals surface area (Å²) < 4.78 is 0. The summed E-state index contributed by atoms with van der Waals surface area (Å²) in [7, 11) is 0. The van der Waals surface area contributed by atoms with Gasteiger partial charge in [-0.3, -0.25) is 0 Å². The zero-order valence-corrected chi connectivity index (χ0v) is 18.6. The third-order valence-corrected chi connectivity index (χ3v) is 6.52. The molecule has 0 aromatic heterocycles. The Kier molecular flexibility index (Phi) is 12.8. The molecule has 0 bridgehead atoms. The van der Waals surface area contributed by atoms with Crippen molar-refractivity contribution in [3.8, 4) is 0 Å². The molecule has 0 spiro atoms. The van der Waals surface area contributed by atoms with Gasteiger partial charge in [0, 0.05) is 0 Å². The van der Waals surface area contributed by atoms with Crippen LogP contribution in [-0.2, 0) is 0 Å². The van der Waals surface area contributed by atoms with Gasteiger partial charge in [-0.1, -0.05) is 88.5 Å². The number of rotatable bonds is 15. The lowest BCUT2D eigenvalue weighted by Gasteiger charge is -2.12. The highest BCUT2D eigenvalue weighted by Crippen LogP contribution is 2.38. The summed E-state index contributed by atoms with van der Waals surface area (Å²) >= 11 is 0.